The molecule has 0 spiro atoms. The molecular weight excluding hydrogens is 280 g/mol. The normalized spacial score (nSPS) is 10.4. The number of rotatable bonds is 7. The third-order valence-electron chi connectivity index (χ3n) is 2.36. The van der Waals surface area contributed by atoms with Crippen LogP contribution >= 0.6 is 11.8 Å². The smallest absolute Gasteiger partial charge is 0.325 e. The highest BCUT2D eigenvalue weighted by Gasteiger charge is 2.09. The SMILES string of the molecule is Cc1cccc(OCCSc2nnnn2CC(=O)O)c1. The van der Waals surface area contributed by atoms with Crippen LogP contribution in [0, 0.1) is 6.92 Å². The summed E-state index contributed by atoms with van der Waals surface area (Å²) in [7, 11) is 0. The van der Waals surface area contributed by atoms with Gasteiger partial charge in [-0.05, 0) is 35.0 Å². The van der Waals surface area contributed by atoms with Gasteiger partial charge in [-0.2, -0.15) is 0 Å². The zero-order valence-electron chi connectivity index (χ0n) is 10.9. The van der Waals surface area contributed by atoms with Crippen molar-refractivity contribution in [3.63, 3.8) is 0 Å². The fraction of sp³-hybridized carbons (Fsp3) is 0.333. The number of aryl methyl sites for hydroxylation is 1. The Hall–Kier alpha value is -2.09. The number of tetrazole rings is 1. The predicted octanol–water partition coefficient (Wildman–Crippen LogP) is 1.24. The number of ether oxygens (including phenoxy) is 1. The second-order valence-electron chi connectivity index (χ2n) is 4.03. The summed E-state index contributed by atoms with van der Waals surface area (Å²) in [6, 6.07) is 7.79. The Bertz CT molecular complexity index is 588. The number of aliphatic carboxylic acids is 1. The lowest BCUT2D eigenvalue weighted by molar-refractivity contribution is -0.138. The maximum absolute atomic E-state index is 10.6. The van der Waals surface area contributed by atoms with Crippen molar-refractivity contribution >= 4 is 17.7 Å². The van der Waals surface area contributed by atoms with Crippen molar-refractivity contribution in [1.82, 2.24) is 20.2 Å². The van der Waals surface area contributed by atoms with Crippen molar-refractivity contribution < 1.29 is 14.6 Å². The van der Waals surface area contributed by atoms with E-state index in [2.05, 4.69) is 15.5 Å². The molecule has 0 radical (unpaired) electrons. The van der Waals surface area contributed by atoms with Gasteiger partial charge in [-0.1, -0.05) is 23.9 Å². The van der Waals surface area contributed by atoms with Gasteiger partial charge in [-0.15, -0.1) is 5.10 Å². The van der Waals surface area contributed by atoms with Gasteiger partial charge >= 0.3 is 5.97 Å². The van der Waals surface area contributed by atoms with Crippen molar-refractivity contribution in [2.24, 2.45) is 0 Å². The summed E-state index contributed by atoms with van der Waals surface area (Å²) in [5.41, 5.74) is 1.14. The predicted molar refractivity (Wildman–Crippen MR) is 72.9 cm³/mol. The van der Waals surface area contributed by atoms with Gasteiger partial charge in [-0.25, -0.2) is 4.68 Å². The van der Waals surface area contributed by atoms with Crippen LogP contribution in [-0.2, 0) is 11.3 Å². The molecule has 0 saturated heterocycles. The minimum absolute atomic E-state index is 0.242. The van der Waals surface area contributed by atoms with Crippen LogP contribution in [0.5, 0.6) is 5.75 Å². The van der Waals surface area contributed by atoms with Crippen LogP contribution in [-0.4, -0.2) is 43.6 Å². The Labute approximate surface area is 119 Å². The molecular formula is C12H14N4O3S. The Balaban J connectivity index is 1.79. The van der Waals surface area contributed by atoms with E-state index in [-0.39, 0.29) is 6.54 Å². The Morgan fingerprint density at radius 3 is 3.10 bits per heavy atom. The molecule has 1 aromatic carbocycles. The highest BCUT2D eigenvalue weighted by molar-refractivity contribution is 7.99. The first kappa shape index (κ1) is 14.3. The fourth-order valence-corrected chi connectivity index (χ4v) is 2.22. The molecule has 0 atom stereocenters. The van der Waals surface area contributed by atoms with E-state index < -0.39 is 5.97 Å². The molecule has 20 heavy (non-hydrogen) atoms. The van der Waals surface area contributed by atoms with Gasteiger partial charge in [0.2, 0.25) is 5.16 Å². The Morgan fingerprint density at radius 2 is 2.35 bits per heavy atom. The van der Waals surface area contributed by atoms with Crippen LogP contribution in [0.15, 0.2) is 29.4 Å². The number of hydrogen-bond acceptors (Lipinski definition) is 6. The highest BCUT2D eigenvalue weighted by atomic mass is 32.2. The van der Waals surface area contributed by atoms with Crippen molar-refractivity contribution in [2.75, 3.05) is 12.4 Å². The van der Waals surface area contributed by atoms with Crippen LogP contribution < -0.4 is 4.74 Å². The largest absolute Gasteiger partial charge is 0.493 e. The summed E-state index contributed by atoms with van der Waals surface area (Å²) >= 11 is 1.36. The average Bonchev–Trinajstić information content (AvgIpc) is 2.81. The van der Waals surface area contributed by atoms with Gasteiger partial charge in [0.25, 0.3) is 0 Å². The molecule has 0 saturated carbocycles. The molecule has 1 heterocycles. The van der Waals surface area contributed by atoms with E-state index in [0.29, 0.717) is 17.5 Å². The molecule has 7 nitrogen and oxygen atoms in total. The molecule has 2 rings (SSSR count). The molecule has 106 valence electrons. The standard InChI is InChI=1S/C12H14N4O3S/c1-9-3-2-4-10(7-9)19-5-6-20-12-13-14-15-16(12)8-11(17)18/h2-4,7H,5-6,8H2,1H3,(H,17,18). The summed E-state index contributed by atoms with van der Waals surface area (Å²) in [4.78, 5) is 10.6. The van der Waals surface area contributed by atoms with Crippen LogP contribution in [0.25, 0.3) is 0 Å². The van der Waals surface area contributed by atoms with E-state index >= 15 is 0 Å². The van der Waals surface area contributed by atoms with Crippen LogP contribution in [0.2, 0.25) is 0 Å². The van der Waals surface area contributed by atoms with Crippen molar-refractivity contribution in [2.45, 2.75) is 18.6 Å². The summed E-state index contributed by atoms with van der Waals surface area (Å²) in [6.45, 7) is 2.25. The van der Waals surface area contributed by atoms with Crippen molar-refractivity contribution in [3.8, 4) is 5.75 Å². The molecule has 0 unspecified atom stereocenters. The van der Waals surface area contributed by atoms with Crippen LogP contribution in [0.1, 0.15) is 5.56 Å². The third-order valence-corrected chi connectivity index (χ3v) is 3.28. The molecule has 1 aromatic heterocycles. The van der Waals surface area contributed by atoms with Crippen molar-refractivity contribution in [1.29, 1.82) is 0 Å². The molecule has 2 aromatic rings. The molecule has 0 aliphatic rings. The van der Waals surface area contributed by atoms with E-state index in [1.54, 1.807) is 0 Å². The topological polar surface area (TPSA) is 90.1 Å². The molecule has 1 N–H and O–H groups in total. The first-order chi connectivity index (χ1) is 9.65. The number of nitrogens with zero attached hydrogens (tertiary/aromatic N) is 4. The molecule has 0 aliphatic carbocycles. The number of carboxylic acid groups (broad SMARTS) is 1. The molecule has 0 aliphatic heterocycles. The molecule has 0 bridgehead atoms. The van der Waals surface area contributed by atoms with Gasteiger partial charge in [0.05, 0.1) is 6.61 Å². The van der Waals surface area contributed by atoms with E-state index in [9.17, 15) is 4.79 Å². The number of carboxylic acids is 1. The van der Waals surface area contributed by atoms with E-state index in [1.165, 1.54) is 16.4 Å². The summed E-state index contributed by atoms with van der Waals surface area (Å²) < 4.78 is 6.84. The second-order valence-corrected chi connectivity index (χ2v) is 5.09. The van der Waals surface area contributed by atoms with E-state index in [1.807, 2.05) is 31.2 Å². The minimum atomic E-state index is -0.977. The second kappa shape index (κ2) is 6.90. The van der Waals surface area contributed by atoms with Crippen molar-refractivity contribution in [3.05, 3.63) is 29.8 Å². The summed E-state index contributed by atoms with van der Waals surface area (Å²) in [5, 5.41) is 20.0. The Kier molecular flexibility index (Phi) is 4.94. The zero-order valence-corrected chi connectivity index (χ0v) is 11.7. The highest BCUT2D eigenvalue weighted by Crippen LogP contribution is 2.15. The number of carbonyl (C=O) groups is 1. The molecule has 0 fully saturated rings. The maximum atomic E-state index is 10.6. The van der Waals surface area contributed by atoms with Gasteiger partial charge < -0.3 is 9.84 Å². The lowest BCUT2D eigenvalue weighted by atomic mass is 10.2. The van der Waals surface area contributed by atoms with Gasteiger partial charge in [0.15, 0.2) is 0 Å². The van der Waals surface area contributed by atoms with Crippen LogP contribution in [0.4, 0.5) is 0 Å². The number of aromatic nitrogens is 4. The van der Waals surface area contributed by atoms with E-state index in [0.717, 1.165) is 11.3 Å². The minimum Gasteiger partial charge on any atom is -0.493 e. The monoisotopic (exact) mass is 294 g/mol. The first-order valence-corrected chi connectivity index (χ1v) is 6.94. The third kappa shape index (κ3) is 4.23. The van der Waals surface area contributed by atoms with Gasteiger partial charge in [0.1, 0.15) is 12.3 Å². The van der Waals surface area contributed by atoms with Crippen LogP contribution in [0.3, 0.4) is 0 Å². The fourth-order valence-electron chi connectivity index (χ4n) is 1.52. The molecule has 8 heteroatoms. The number of thioether (sulfide) groups is 1. The maximum Gasteiger partial charge on any atom is 0.325 e. The lowest BCUT2D eigenvalue weighted by Gasteiger charge is -2.06. The van der Waals surface area contributed by atoms with Gasteiger partial charge in [0, 0.05) is 5.75 Å². The Morgan fingerprint density at radius 1 is 1.50 bits per heavy atom. The summed E-state index contributed by atoms with van der Waals surface area (Å²) in [6.07, 6.45) is 0. The van der Waals surface area contributed by atoms with E-state index in [4.69, 9.17) is 9.84 Å². The first-order valence-electron chi connectivity index (χ1n) is 5.95. The number of benzene rings is 1. The average molecular weight is 294 g/mol. The number of hydrogen-bond donors (Lipinski definition) is 1. The molecule has 0 amide bonds. The lowest BCUT2D eigenvalue weighted by Crippen LogP contribution is -2.12. The quantitative estimate of drug-likeness (QED) is 0.607. The zero-order chi connectivity index (χ0) is 14.4. The summed E-state index contributed by atoms with van der Waals surface area (Å²) in [5.74, 6) is 0.472. The van der Waals surface area contributed by atoms with Gasteiger partial charge in [-0.3, -0.25) is 4.79 Å².